The lowest BCUT2D eigenvalue weighted by molar-refractivity contribution is -0.127. The van der Waals surface area contributed by atoms with Crippen LogP contribution in [0.2, 0.25) is 0 Å². The Hall–Kier alpha value is -0.570. The highest BCUT2D eigenvalue weighted by atomic mass is 16.2. The van der Waals surface area contributed by atoms with E-state index < -0.39 is 0 Å². The third-order valence-electron chi connectivity index (χ3n) is 4.29. The van der Waals surface area contributed by atoms with Crippen LogP contribution in [0.1, 0.15) is 66.2 Å². The summed E-state index contributed by atoms with van der Waals surface area (Å²) in [6.45, 7) is 10.6. The summed E-state index contributed by atoms with van der Waals surface area (Å²) in [5.41, 5.74) is -0.0127. The van der Waals surface area contributed by atoms with Crippen molar-refractivity contribution in [1.29, 1.82) is 0 Å². The van der Waals surface area contributed by atoms with Gasteiger partial charge in [0.2, 0.25) is 5.91 Å². The molecule has 112 valence electrons. The molecule has 3 heteroatoms. The highest BCUT2D eigenvalue weighted by Gasteiger charge is 2.51. The number of carbonyl (C=O) groups is 1. The van der Waals surface area contributed by atoms with E-state index in [1.165, 1.54) is 19.3 Å². The van der Waals surface area contributed by atoms with Gasteiger partial charge in [-0.05, 0) is 38.1 Å². The van der Waals surface area contributed by atoms with Gasteiger partial charge in [-0.1, -0.05) is 40.5 Å². The Morgan fingerprint density at radius 1 is 1.00 bits per heavy atom. The Morgan fingerprint density at radius 3 is 2.05 bits per heavy atom. The van der Waals surface area contributed by atoms with E-state index in [-0.39, 0.29) is 5.41 Å². The molecule has 0 aromatic heterocycles. The molecule has 1 aliphatic carbocycles. The number of hydrogen-bond donors (Lipinski definition) is 2. The van der Waals surface area contributed by atoms with Crippen LogP contribution in [0, 0.1) is 11.3 Å². The number of unbranched alkanes of at least 4 members (excludes halogenated alkanes) is 3. The first-order valence-corrected chi connectivity index (χ1v) is 8.01. The summed E-state index contributed by atoms with van der Waals surface area (Å²) >= 11 is 0. The quantitative estimate of drug-likeness (QED) is 0.598. The summed E-state index contributed by atoms with van der Waals surface area (Å²) in [5, 5.41) is 6.55. The fraction of sp³-hybridized carbons (Fsp3) is 0.938. The standard InChI is InChI=1S/C16H32N2O/c1-13(2)16(9-10-16)15(19)18-12-8-6-5-7-11-17-14(3)4/h13-14,17H,5-12H2,1-4H3,(H,18,19). The van der Waals surface area contributed by atoms with E-state index in [4.69, 9.17) is 0 Å². The molecule has 0 unspecified atom stereocenters. The number of carbonyl (C=O) groups excluding carboxylic acids is 1. The SMILES string of the molecule is CC(C)NCCCCCCNC(=O)C1(C(C)C)CC1. The lowest BCUT2D eigenvalue weighted by Gasteiger charge is -2.18. The molecule has 1 rings (SSSR count). The lowest BCUT2D eigenvalue weighted by atomic mass is 9.91. The van der Waals surface area contributed by atoms with Gasteiger partial charge < -0.3 is 10.6 Å². The minimum atomic E-state index is -0.0127. The molecule has 0 atom stereocenters. The molecule has 1 fully saturated rings. The molecule has 0 aromatic rings. The van der Waals surface area contributed by atoms with E-state index in [1.807, 2.05) is 0 Å². The fourth-order valence-electron chi connectivity index (χ4n) is 2.57. The second-order valence-electron chi connectivity index (χ2n) is 6.59. The van der Waals surface area contributed by atoms with Gasteiger partial charge in [0, 0.05) is 12.6 Å². The van der Waals surface area contributed by atoms with Crippen molar-refractivity contribution in [2.75, 3.05) is 13.1 Å². The van der Waals surface area contributed by atoms with Crippen molar-refractivity contribution in [3.8, 4) is 0 Å². The average Bonchev–Trinajstić information content (AvgIpc) is 3.13. The van der Waals surface area contributed by atoms with E-state index in [9.17, 15) is 4.79 Å². The highest BCUT2D eigenvalue weighted by molar-refractivity contribution is 5.85. The zero-order chi connectivity index (χ0) is 14.3. The second kappa shape index (κ2) is 7.88. The summed E-state index contributed by atoms with van der Waals surface area (Å²) in [7, 11) is 0. The van der Waals surface area contributed by atoms with Crippen molar-refractivity contribution in [3.05, 3.63) is 0 Å². The Kier molecular flexibility index (Phi) is 6.84. The smallest absolute Gasteiger partial charge is 0.226 e. The molecule has 0 heterocycles. The summed E-state index contributed by atoms with van der Waals surface area (Å²) < 4.78 is 0. The van der Waals surface area contributed by atoms with Crippen molar-refractivity contribution in [2.45, 2.75) is 72.3 Å². The molecule has 0 aliphatic heterocycles. The van der Waals surface area contributed by atoms with Crippen LogP contribution < -0.4 is 10.6 Å². The van der Waals surface area contributed by atoms with Gasteiger partial charge in [0.1, 0.15) is 0 Å². The summed E-state index contributed by atoms with van der Waals surface area (Å²) in [6.07, 6.45) is 6.98. The molecule has 1 saturated carbocycles. The number of nitrogens with one attached hydrogen (secondary N) is 2. The minimum Gasteiger partial charge on any atom is -0.356 e. The molecule has 0 bridgehead atoms. The van der Waals surface area contributed by atoms with Crippen molar-refractivity contribution >= 4 is 5.91 Å². The Balaban J connectivity index is 1.95. The third kappa shape index (κ3) is 5.52. The molecular weight excluding hydrogens is 236 g/mol. The third-order valence-corrected chi connectivity index (χ3v) is 4.29. The van der Waals surface area contributed by atoms with Crippen molar-refractivity contribution < 1.29 is 4.79 Å². The summed E-state index contributed by atoms with van der Waals surface area (Å²) in [5.74, 6) is 0.776. The van der Waals surface area contributed by atoms with Crippen molar-refractivity contribution in [2.24, 2.45) is 11.3 Å². The molecule has 0 spiro atoms. The number of amides is 1. The van der Waals surface area contributed by atoms with E-state index in [1.54, 1.807) is 0 Å². The molecule has 0 aromatic carbocycles. The molecule has 2 N–H and O–H groups in total. The Labute approximate surface area is 118 Å². The molecule has 0 radical (unpaired) electrons. The Bertz CT molecular complexity index is 270. The van der Waals surface area contributed by atoms with Gasteiger partial charge in [0.05, 0.1) is 5.41 Å². The first-order valence-electron chi connectivity index (χ1n) is 8.01. The molecular formula is C16H32N2O. The van der Waals surface area contributed by atoms with Gasteiger partial charge in [-0.3, -0.25) is 4.79 Å². The zero-order valence-electron chi connectivity index (χ0n) is 13.2. The van der Waals surface area contributed by atoms with Crippen LogP contribution >= 0.6 is 0 Å². The fourth-order valence-corrected chi connectivity index (χ4v) is 2.57. The molecule has 0 saturated heterocycles. The monoisotopic (exact) mass is 268 g/mol. The average molecular weight is 268 g/mol. The van der Waals surface area contributed by atoms with Gasteiger partial charge in [-0.2, -0.15) is 0 Å². The van der Waals surface area contributed by atoms with Crippen LogP contribution in [-0.2, 0) is 4.79 Å². The highest BCUT2D eigenvalue weighted by Crippen LogP contribution is 2.51. The molecule has 1 aliphatic rings. The van der Waals surface area contributed by atoms with Gasteiger partial charge in [-0.15, -0.1) is 0 Å². The van der Waals surface area contributed by atoms with Gasteiger partial charge in [-0.25, -0.2) is 0 Å². The molecule has 3 nitrogen and oxygen atoms in total. The first kappa shape index (κ1) is 16.5. The van der Waals surface area contributed by atoms with Crippen molar-refractivity contribution in [1.82, 2.24) is 10.6 Å². The van der Waals surface area contributed by atoms with Crippen LogP contribution in [0.5, 0.6) is 0 Å². The number of rotatable bonds is 10. The topological polar surface area (TPSA) is 41.1 Å². The predicted octanol–water partition coefficient (Wildman–Crippen LogP) is 3.10. The zero-order valence-corrected chi connectivity index (χ0v) is 13.2. The van der Waals surface area contributed by atoms with Crippen LogP contribution in [0.15, 0.2) is 0 Å². The van der Waals surface area contributed by atoms with Crippen LogP contribution in [0.25, 0.3) is 0 Å². The maximum atomic E-state index is 12.1. The summed E-state index contributed by atoms with van der Waals surface area (Å²) in [6, 6.07) is 0.588. The van der Waals surface area contributed by atoms with Crippen LogP contribution in [0.4, 0.5) is 0 Å². The minimum absolute atomic E-state index is 0.0127. The van der Waals surface area contributed by atoms with E-state index >= 15 is 0 Å². The lowest BCUT2D eigenvalue weighted by Crippen LogP contribution is -2.35. The molecule has 1 amide bonds. The van der Waals surface area contributed by atoms with E-state index in [0.717, 1.165) is 32.4 Å². The first-order chi connectivity index (χ1) is 8.99. The van der Waals surface area contributed by atoms with Gasteiger partial charge in [0.25, 0.3) is 0 Å². The number of hydrogen-bond acceptors (Lipinski definition) is 2. The van der Waals surface area contributed by atoms with Gasteiger partial charge >= 0.3 is 0 Å². The maximum absolute atomic E-state index is 12.1. The van der Waals surface area contributed by atoms with E-state index in [0.29, 0.717) is 17.9 Å². The maximum Gasteiger partial charge on any atom is 0.226 e. The normalized spacial score (nSPS) is 16.9. The van der Waals surface area contributed by atoms with E-state index in [2.05, 4.69) is 38.3 Å². The largest absolute Gasteiger partial charge is 0.356 e. The molecule has 19 heavy (non-hydrogen) atoms. The van der Waals surface area contributed by atoms with Crippen LogP contribution in [-0.4, -0.2) is 25.0 Å². The predicted molar refractivity (Wildman–Crippen MR) is 81.1 cm³/mol. The van der Waals surface area contributed by atoms with Crippen LogP contribution in [0.3, 0.4) is 0 Å². The van der Waals surface area contributed by atoms with Gasteiger partial charge in [0.15, 0.2) is 0 Å². The second-order valence-corrected chi connectivity index (χ2v) is 6.59. The summed E-state index contributed by atoms with van der Waals surface area (Å²) in [4.78, 5) is 12.1. The Morgan fingerprint density at radius 2 is 1.58 bits per heavy atom. The van der Waals surface area contributed by atoms with Crippen molar-refractivity contribution in [3.63, 3.8) is 0 Å².